The molecule has 1 N–H and O–H groups in total. The molecule has 0 bridgehead atoms. The Bertz CT molecular complexity index is 547. The first-order chi connectivity index (χ1) is 8.83. The summed E-state index contributed by atoms with van der Waals surface area (Å²) in [6.45, 7) is 3.85. The molecule has 0 aliphatic carbocycles. The van der Waals surface area contributed by atoms with Crippen LogP contribution in [-0.4, -0.2) is 24.2 Å². The quantitative estimate of drug-likeness (QED) is 0.897. The highest BCUT2D eigenvalue weighted by molar-refractivity contribution is 5.81. The van der Waals surface area contributed by atoms with Crippen LogP contribution in [0, 0.1) is 6.92 Å². The van der Waals surface area contributed by atoms with Gasteiger partial charge in [-0.05, 0) is 37.5 Å². The third kappa shape index (κ3) is 2.31. The maximum atomic E-state index is 5.61. The Kier molecular flexibility index (Phi) is 3.15. The number of nitrogens with zero attached hydrogens (tertiary/aromatic N) is 1. The second-order valence-corrected chi connectivity index (χ2v) is 4.86. The Morgan fingerprint density at radius 1 is 1.39 bits per heavy atom. The molecule has 1 aliphatic heterocycles. The minimum atomic E-state index is 0.345. The lowest BCUT2D eigenvalue weighted by molar-refractivity contribution is 0.120. The van der Waals surface area contributed by atoms with Gasteiger partial charge in [0.15, 0.2) is 0 Å². The van der Waals surface area contributed by atoms with E-state index in [0.29, 0.717) is 6.10 Å². The van der Waals surface area contributed by atoms with E-state index in [4.69, 9.17) is 4.74 Å². The van der Waals surface area contributed by atoms with Crippen molar-refractivity contribution < 1.29 is 4.74 Å². The van der Waals surface area contributed by atoms with Gasteiger partial charge in [-0.3, -0.25) is 0 Å². The minimum absolute atomic E-state index is 0.345. The van der Waals surface area contributed by atoms with Crippen molar-refractivity contribution in [3.05, 3.63) is 35.9 Å². The molecule has 3 rings (SSSR count). The summed E-state index contributed by atoms with van der Waals surface area (Å²) in [4.78, 5) is 4.67. The average molecular weight is 242 g/mol. The molecule has 0 radical (unpaired) electrons. The van der Waals surface area contributed by atoms with Gasteiger partial charge < -0.3 is 10.1 Å². The topological polar surface area (TPSA) is 34.2 Å². The zero-order valence-corrected chi connectivity index (χ0v) is 10.6. The number of benzene rings is 1. The van der Waals surface area contributed by atoms with E-state index in [2.05, 4.69) is 29.4 Å². The van der Waals surface area contributed by atoms with Gasteiger partial charge in [-0.1, -0.05) is 18.2 Å². The van der Waals surface area contributed by atoms with Crippen LogP contribution in [0.25, 0.3) is 10.9 Å². The van der Waals surface area contributed by atoms with Crippen LogP contribution in [0.2, 0.25) is 0 Å². The zero-order chi connectivity index (χ0) is 12.4. The Balaban J connectivity index is 1.80. The lowest BCUT2D eigenvalue weighted by atomic mass is 10.1. The first-order valence-electron chi connectivity index (χ1n) is 6.55. The maximum Gasteiger partial charge on any atom is 0.129 e. The number of hydrogen-bond acceptors (Lipinski definition) is 3. The fourth-order valence-corrected chi connectivity index (χ4v) is 2.42. The summed E-state index contributed by atoms with van der Waals surface area (Å²) in [6.07, 6.45) is 2.67. The first kappa shape index (κ1) is 11.5. The molecule has 94 valence electrons. The molecular formula is C15H18N2O. The third-order valence-corrected chi connectivity index (χ3v) is 3.44. The van der Waals surface area contributed by atoms with Crippen molar-refractivity contribution in [3.8, 4) is 0 Å². The van der Waals surface area contributed by atoms with E-state index in [9.17, 15) is 0 Å². The second kappa shape index (κ2) is 4.94. The predicted octanol–water partition coefficient (Wildman–Crippen LogP) is 3.13. The molecule has 3 heteroatoms. The Labute approximate surface area is 107 Å². The molecule has 1 atom stereocenters. The maximum absolute atomic E-state index is 5.61. The molecule has 3 nitrogen and oxygen atoms in total. The van der Waals surface area contributed by atoms with E-state index in [1.807, 2.05) is 18.2 Å². The summed E-state index contributed by atoms with van der Waals surface area (Å²) in [5, 5.41) is 4.60. The van der Waals surface area contributed by atoms with Crippen LogP contribution in [0.4, 0.5) is 5.82 Å². The number of aromatic nitrogens is 1. The van der Waals surface area contributed by atoms with Gasteiger partial charge in [0.2, 0.25) is 0 Å². The van der Waals surface area contributed by atoms with E-state index in [1.165, 1.54) is 17.4 Å². The van der Waals surface area contributed by atoms with Crippen molar-refractivity contribution in [3.63, 3.8) is 0 Å². The molecule has 0 amide bonds. The summed E-state index contributed by atoms with van der Waals surface area (Å²) in [5.74, 6) is 0.976. The van der Waals surface area contributed by atoms with Crippen molar-refractivity contribution in [1.29, 1.82) is 0 Å². The van der Waals surface area contributed by atoms with Crippen molar-refractivity contribution in [2.45, 2.75) is 25.9 Å². The summed E-state index contributed by atoms with van der Waals surface area (Å²) in [7, 11) is 0. The second-order valence-electron chi connectivity index (χ2n) is 4.86. The van der Waals surface area contributed by atoms with E-state index >= 15 is 0 Å². The zero-order valence-electron chi connectivity index (χ0n) is 10.6. The largest absolute Gasteiger partial charge is 0.376 e. The molecule has 1 aliphatic rings. The SMILES string of the molecule is Cc1cc2ccccc2nc1NCC1CCCO1. The Morgan fingerprint density at radius 2 is 2.28 bits per heavy atom. The molecule has 1 aromatic heterocycles. The monoisotopic (exact) mass is 242 g/mol. The summed E-state index contributed by atoms with van der Waals surface area (Å²) < 4.78 is 5.61. The number of rotatable bonds is 3. The van der Waals surface area contributed by atoms with Crippen molar-refractivity contribution in [2.24, 2.45) is 0 Å². The highest BCUT2D eigenvalue weighted by Gasteiger charge is 2.15. The van der Waals surface area contributed by atoms with Gasteiger partial charge >= 0.3 is 0 Å². The van der Waals surface area contributed by atoms with Crippen LogP contribution >= 0.6 is 0 Å². The molecule has 0 spiro atoms. The molecule has 18 heavy (non-hydrogen) atoms. The Morgan fingerprint density at radius 3 is 3.11 bits per heavy atom. The smallest absolute Gasteiger partial charge is 0.129 e. The van der Waals surface area contributed by atoms with Gasteiger partial charge in [-0.25, -0.2) is 4.98 Å². The summed E-state index contributed by atoms with van der Waals surface area (Å²) in [6, 6.07) is 10.4. The van der Waals surface area contributed by atoms with Crippen LogP contribution in [0.5, 0.6) is 0 Å². The molecular weight excluding hydrogens is 224 g/mol. The minimum Gasteiger partial charge on any atom is -0.376 e. The molecule has 2 heterocycles. The fourth-order valence-electron chi connectivity index (χ4n) is 2.42. The summed E-state index contributed by atoms with van der Waals surface area (Å²) >= 11 is 0. The predicted molar refractivity (Wildman–Crippen MR) is 73.9 cm³/mol. The van der Waals surface area contributed by atoms with Crippen LogP contribution in [0.3, 0.4) is 0 Å². The molecule has 1 saturated heterocycles. The number of para-hydroxylation sites is 1. The summed E-state index contributed by atoms with van der Waals surface area (Å²) in [5.41, 5.74) is 2.23. The number of aryl methyl sites for hydroxylation is 1. The highest BCUT2D eigenvalue weighted by Crippen LogP contribution is 2.20. The molecule has 2 aromatic rings. The number of ether oxygens (including phenoxy) is 1. The standard InChI is InChI=1S/C15H18N2O/c1-11-9-12-5-2-3-7-14(12)17-15(11)16-10-13-6-4-8-18-13/h2-3,5,7,9,13H,4,6,8,10H2,1H3,(H,16,17). The van der Waals surface area contributed by atoms with Gasteiger partial charge in [0, 0.05) is 18.5 Å². The first-order valence-corrected chi connectivity index (χ1v) is 6.55. The van der Waals surface area contributed by atoms with Gasteiger partial charge in [0.05, 0.1) is 11.6 Å². The number of hydrogen-bond donors (Lipinski definition) is 1. The van der Waals surface area contributed by atoms with Crippen LogP contribution in [0.15, 0.2) is 30.3 Å². The molecule has 0 saturated carbocycles. The van der Waals surface area contributed by atoms with Gasteiger partial charge in [0.25, 0.3) is 0 Å². The van der Waals surface area contributed by atoms with Gasteiger partial charge in [-0.15, -0.1) is 0 Å². The van der Waals surface area contributed by atoms with E-state index < -0.39 is 0 Å². The van der Waals surface area contributed by atoms with Crippen LogP contribution in [-0.2, 0) is 4.74 Å². The van der Waals surface area contributed by atoms with Gasteiger partial charge in [-0.2, -0.15) is 0 Å². The number of fused-ring (bicyclic) bond motifs is 1. The third-order valence-electron chi connectivity index (χ3n) is 3.44. The number of nitrogens with one attached hydrogen (secondary N) is 1. The van der Waals surface area contributed by atoms with Crippen LogP contribution in [0.1, 0.15) is 18.4 Å². The van der Waals surface area contributed by atoms with E-state index in [1.54, 1.807) is 0 Å². The normalized spacial score (nSPS) is 19.3. The van der Waals surface area contributed by atoms with Gasteiger partial charge in [0.1, 0.15) is 5.82 Å². The molecule has 1 fully saturated rings. The Hall–Kier alpha value is -1.61. The highest BCUT2D eigenvalue weighted by atomic mass is 16.5. The average Bonchev–Trinajstić information content (AvgIpc) is 2.89. The van der Waals surface area contributed by atoms with Crippen molar-refractivity contribution in [2.75, 3.05) is 18.5 Å². The fraction of sp³-hybridized carbons (Fsp3) is 0.400. The van der Waals surface area contributed by atoms with Crippen molar-refractivity contribution in [1.82, 2.24) is 4.98 Å². The lowest BCUT2D eigenvalue weighted by Crippen LogP contribution is -2.19. The molecule has 1 unspecified atom stereocenters. The van der Waals surface area contributed by atoms with E-state index in [0.717, 1.165) is 30.9 Å². The van der Waals surface area contributed by atoms with Crippen LogP contribution < -0.4 is 5.32 Å². The number of pyridine rings is 1. The molecule has 1 aromatic carbocycles. The van der Waals surface area contributed by atoms with E-state index in [-0.39, 0.29) is 0 Å². The van der Waals surface area contributed by atoms with Crippen molar-refractivity contribution >= 4 is 16.7 Å². The number of anilines is 1. The lowest BCUT2D eigenvalue weighted by Gasteiger charge is -2.13.